The van der Waals surface area contributed by atoms with Crippen molar-refractivity contribution in [2.24, 2.45) is 0 Å². The third-order valence-corrected chi connectivity index (χ3v) is 8.86. The Morgan fingerprint density at radius 1 is 1.15 bits per heavy atom. The van der Waals surface area contributed by atoms with E-state index in [1.54, 1.807) is 35.2 Å². The average molecular weight is 616 g/mol. The summed E-state index contributed by atoms with van der Waals surface area (Å²) >= 11 is 18.9. The molecule has 2 aliphatic heterocycles. The Balaban J connectivity index is 1.50. The predicted molar refractivity (Wildman–Crippen MR) is 150 cm³/mol. The molecule has 1 fully saturated rings. The standard InChI is InChI=1S/C25H25Cl3N4O6S/c1-39(2,38)32-12-20(33)31(13-32)11-19(25(36)37)29-23(34)21-18(27)9-15-10-30(8-7-17(15)22(21)28)24(35)14-3-5-16(26)6-4-14/h3-6,9,19H,1,7-8,10-13H2,2H3,(H,29,34)(H,36,37)/t19-,39?/m0/s1. The molecule has 1 unspecified atom stereocenters. The van der Waals surface area contributed by atoms with E-state index in [1.165, 1.54) is 15.5 Å². The molecule has 0 aliphatic carbocycles. The van der Waals surface area contributed by atoms with Crippen LogP contribution in [0.3, 0.4) is 0 Å². The first-order valence-corrected chi connectivity index (χ1v) is 14.9. The van der Waals surface area contributed by atoms with Gasteiger partial charge in [-0.25, -0.2) is 9.10 Å². The molecule has 3 amide bonds. The summed E-state index contributed by atoms with van der Waals surface area (Å²) in [7, 11) is -2.67. The summed E-state index contributed by atoms with van der Waals surface area (Å²) in [6, 6.07) is 6.61. The lowest BCUT2D eigenvalue weighted by Gasteiger charge is -2.30. The second-order valence-electron chi connectivity index (χ2n) is 9.39. The van der Waals surface area contributed by atoms with Crippen LogP contribution in [0, 0.1) is 0 Å². The van der Waals surface area contributed by atoms with Crippen LogP contribution < -0.4 is 5.32 Å². The summed E-state index contributed by atoms with van der Waals surface area (Å²) in [5.74, 6) is 0.727. The largest absolute Gasteiger partial charge is 0.480 e. The van der Waals surface area contributed by atoms with Gasteiger partial charge in [0.15, 0.2) is 0 Å². The Hall–Kier alpha value is -2.83. The quantitative estimate of drug-likeness (QED) is 0.461. The molecule has 4 rings (SSSR count). The molecule has 14 heteroatoms. The third kappa shape index (κ3) is 6.33. The minimum absolute atomic E-state index is 0.00705. The van der Waals surface area contributed by atoms with Crippen molar-refractivity contribution < 1.29 is 28.5 Å². The summed E-state index contributed by atoms with van der Waals surface area (Å²) in [6.45, 7) is -0.0403. The Morgan fingerprint density at radius 2 is 1.82 bits per heavy atom. The van der Waals surface area contributed by atoms with Crippen molar-refractivity contribution in [1.29, 1.82) is 0 Å². The molecule has 0 radical (unpaired) electrons. The van der Waals surface area contributed by atoms with Crippen LogP contribution in [-0.4, -0.2) is 91.6 Å². The van der Waals surface area contributed by atoms with Crippen LogP contribution in [0.2, 0.25) is 15.1 Å². The third-order valence-electron chi connectivity index (χ3n) is 6.56. The molecule has 1 saturated heterocycles. The highest BCUT2D eigenvalue weighted by Gasteiger charge is 2.35. The summed E-state index contributed by atoms with van der Waals surface area (Å²) in [4.78, 5) is 53.2. The van der Waals surface area contributed by atoms with Crippen LogP contribution in [0.4, 0.5) is 0 Å². The molecule has 0 aromatic heterocycles. The molecule has 2 N–H and O–H groups in total. The van der Waals surface area contributed by atoms with Gasteiger partial charge < -0.3 is 20.2 Å². The Labute approximate surface area is 240 Å². The van der Waals surface area contributed by atoms with Gasteiger partial charge in [-0.1, -0.05) is 34.8 Å². The molecule has 2 aliphatic rings. The van der Waals surface area contributed by atoms with Crippen molar-refractivity contribution in [2.45, 2.75) is 19.0 Å². The molecular formula is C25H25Cl3N4O6S. The van der Waals surface area contributed by atoms with Gasteiger partial charge in [0.2, 0.25) is 5.91 Å². The number of hydrogen-bond acceptors (Lipinski definition) is 5. The minimum atomic E-state index is -2.67. The van der Waals surface area contributed by atoms with Gasteiger partial charge in [0.1, 0.15) is 6.04 Å². The van der Waals surface area contributed by atoms with E-state index in [0.717, 1.165) is 0 Å². The maximum atomic E-state index is 13.2. The van der Waals surface area contributed by atoms with Crippen molar-refractivity contribution in [3.8, 4) is 0 Å². The first-order valence-electron chi connectivity index (χ1n) is 11.7. The normalized spacial score (nSPS) is 17.9. The molecule has 208 valence electrons. The van der Waals surface area contributed by atoms with Crippen LogP contribution in [0.5, 0.6) is 0 Å². The number of carboxylic acids is 1. The Morgan fingerprint density at radius 3 is 2.41 bits per heavy atom. The van der Waals surface area contributed by atoms with Crippen LogP contribution >= 0.6 is 34.8 Å². The molecule has 2 aromatic carbocycles. The number of rotatable bonds is 7. The van der Waals surface area contributed by atoms with Crippen molar-refractivity contribution in [3.63, 3.8) is 0 Å². The lowest BCUT2D eigenvalue weighted by atomic mass is 9.96. The van der Waals surface area contributed by atoms with E-state index in [0.29, 0.717) is 34.7 Å². The van der Waals surface area contributed by atoms with Gasteiger partial charge in [0.05, 0.1) is 35.4 Å². The highest BCUT2D eigenvalue weighted by atomic mass is 35.5. The number of carboxylic acid groups (broad SMARTS) is 1. The SMILES string of the molecule is C=S(C)(=O)N1CC(=O)N(C[C@H](NC(=O)c2c(Cl)cc3c(c2Cl)CCN(C(=O)c2ccc(Cl)cc2)C3)C(=O)O)C1. The summed E-state index contributed by atoms with van der Waals surface area (Å²) in [5, 5.41) is 12.7. The first-order chi connectivity index (χ1) is 18.3. The molecule has 0 saturated carbocycles. The molecule has 39 heavy (non-hydrogen) atoms. The fourth-order valence-corrected chi connectivity index (χ4v) is 6.09. The van der Waals surface area contributed by atoms with Gasteiger partial charge in [-0.05, 0) is 53.7 Å². The van der Waals surface area contributed by atoms with E-state index in [9.17, 15) is 28.5 Å². The summed E-state index contributed by atoms with van der Waals surface area (Å²) in [6.07, 6.45) is 1.74. The van der Waals surface area contributed by atoms with Crippen molar-refractivity contribution in [2.75, 3.05) is 32.6 Å². The number of fused-ring (bicyclic) bond motifs is 1. The van der Waals surface area contributed by atoms with Crippen molar-refractivity contribution in [1.82, 2.24) is 19.4 Å². The van der Waals surface area contributed by atoms with Gasteiger partial charge in [-0.3, -0.25) is 18.6 Å². The predicted octanol–water partition coefficient (Wildman–Crippen LogP) is 2.39. The fourth-order valence-electron chi connectivity index (χ4n) is 4.43. The summed E-state index contributed by atoms with van der Waals surface area (Å²) < 4.78 is 13.5. The maximum Gasteiger partial charge on any atom is 0.328 e. The number of nitrogens with zero attached hydrogens (tertiary/aromatic N) is 3. The van der Waals surface area contributed by atoms with E-state index in [-0.39, 0.29) is 47.8 Å². The number of amides is 3. The lowest BCUT2D eigenvalue weighted by Crippen LogP contribution is -2.49. The van der Waals surface area contributed by atoms with Gasteiger partial charge in [0, 0.05) is 39.6 Å². The number of halogens is 3. The van der Waals surface area contributed by atoms with E-state index in [4.69, 9.17) is 34.8 Å². The zero-order valence-corrected chi connectivity index (χ0v) is 23.9. The number of hydrogen-bond donors (Lipinski definition) is 2. The second-order valence-corrected chi connectivity index (χ2v) is 13.0. The number of aliphatic carboxylic acids is 1. The van der Waals surface area contributed by atoms with E-state index < -0.39 is 33.5 Å². The molecule has 0 spiro atoms. The van der Waals surface area contributed by atoms with Gasteiger partial charge in [0.25, 0.3) is 11.8 Å². The monoisotopic (exact) mass is 614 g/mol. The van der Waals surface area contributed by atoms with Crippen LogP contribution in [0.1, 0.15) is 31.8 Å². The van der Waals surface area contributed by atoms with Gasteiger partial charge in [-0.2, -0.15) is 0 Å². The molecular weight excluding hydrogens is 591 g/mol. The Kier molecular flexibility index (Phi) is 8.48. The first kappa shape index (κ1) is 29.2. The van der Waals surface area contributed by atoms with Crippen molar-refractivity contribution in [3.05, 3.63) is 67.7 Å². The van der Waals surface area contributed by atoms with Crippen LogP contribution in [0.15, 0.2) is 30.3 Å². The van der Waals surface area contributed by atoms with E-state index in [1.807, 2.05) is 0 Å². The summed E-state index contributed by atoms with van der Waals surface area (Å²) in [5.41, 5.74) is 1.69. The minimum Gasteiger partial charge on any atom is -0.480 e. The topological polar surface area (TPSA) is 127 Å². The van der Waals surface area contributed by atoms with Crippen molar-refractivity contribution >= 4 is 74.1 Å². The molecule has 2 heterocycles. The number of carbonyl (C=O) groups is 4. The number of benzene rings is 2. The van der Waals surface area contributed by atoms with Gasteiger partial charge in [-0.15, -0.1) is 0 Å². The van der Waals surface area contributed by atoms with Crippen LogP contribution in [0.25, 0.3) is 0 Å². The van der Waals surface area contributed by atoms with Crippen LogP contribution in [-0.2, 0) is 32.3 Å². The highest BCUT2D eigenvalue weighted by Crippen LogP contribution is 2.35. The molecule has 2 aromatic rings. The highest BCUT2D eigenvalue weighted by molar-refractivity contribution is 7.97. The molecule has 2 atom stereocenters. The molecule has 0 bridgehead atoms. The van der Waals surface area contributed by atoms with Gasteiger partial charge >= 0.3 is 5.97 Å². The average Bonchev–Trinajstić information content (AvgIpc) is 3.24. The zero-order chi connectivity index (χ0) is 28.6. The van der Waals surface area contributed by atoms with E-state index >= 15 is 0 Å². The lowest BCUT2D eigenvalue weighted by molar-refractivity contribution is -0.140. The smallest absolute Gasteiger partial charge is 0.328 e. The fraction of sp³-hybridized carbons (Fsp3) is 0.320. The number of carbonyl (C=O) groups excluding carboxylic acids is 3. The van der Waals surface area contributed by atoms with E-state index in [2.05, 4.69) is 11.2 Å². The number of nitrogens with one attached hydrogen (secondary N) is 1. The Bertz CT molecular complexity index is 1470. The maximum absolute atomic E-state index is 13.2. The zero-order valence-electron chi connectivity index (χ0n) is 20.8. The second kappa shape index (κ2) is 11.3. The molecule has 10 nitrogen and oxygen atoms in total.